The summed E-state index contributed by atoms with van der Waals surface area (Å²) in [6.07, 6.45) is 4.29. The molecule has 1 heterocycles. The van der Waals surface area contributed by atoms with Gasteiger partial charge in [-0.3, -0.25) is 9.59 Å². The fraction of sp³-hybridized carbons (Fsp3) is 0.250. The second kappa shape index (κ2) is 12.8. The van der Waals surface area contributed by atoms with Gasteiger partial charge < -0.3 is 20.5 Å². The van der Waals surface area contributed by atoms with E-state index in [1.54, 1.807) is 48.5 Å². The van der Waals surface area contributed by atoms with E-state index in [2.05, 4.69) is 10.6 Å². The number of fused-ring (bicyclic) bond motifs is 2. The Morgan fingerprint density at radius 3 is 2.40 bits per heavy atom. The van der Waals surface area contributed by atoms with E-state index in [4.69, 9.17) is 4.74 Å². The van der Waals surface area contributed by atoms with Gasteiger partial charge in [0.1, 0.15) is 5.00 Å². The Morgan fingerprint density at radius 1 is 0.976 bits per heavy atom. The predicted octanol–water partition coefficient (Wildman–Crippen LogP) is 7.03. The highest BCUT2D eigenvalue weighted by molar-refractivity contribution is 8.00. The van der Waals surface area contributed by atoms with Gasteiger partial charge in [-0.2, -0.15) is 0 Å². The Bertz CT molecular complexity index is 1690. The van der Waals surface area contributed by atoms with Crippen molar-refractivity contribution in [1.29, 1.82) is 0 Å². The van der Waals surface area contributed by atoms with Gasteiger partial charge in [0.2, 0.25) is 5.91 Å². The van der Waals surface area contributed by atoms with Crippen LogP contribution in [0.25, 0.3) is 10.8 Å². The average molecular weight is 603 g/mol. The number of aromatic carboxylic acids is 1. The van der Waals surface area contributed by atoms with Crippen molar-refractivity contribution < 1.29 is 29.0 Å². The number of thiophene rings is 1. The van der Waals surface area contributed by atoms with Gasteiger partial charge in [-0.1, -0.05) is 37.3 Å². The van der Waals surface area contributed by atoms with Crippen molar-refractivity contribution in [1.82, 2.24) is 0 Å². The summed E-state index contributed by atoms with van der Waals surface area (Å²) in [7, 11) is 1.35. The fourth-order valence-electron chi connectivity index (χ4n) is 5.20. The van der Waals surface area contributed by atoms with Gasteiger partial charge in [0.15, 0.2) is 0 Å². The number of carboxylic acids is 1. The first-order valence-electron chi connectivity index (χ1n) is 13.7. The molecule has 0 aliphatic heterocycles. The number of amides is 2. The molecule has 10 heteroatoms. The molecule has 1 atom stereocenters. The molecule has 0 fully saturated rings. The predicted molar refractivity (Wildman–Crippen MR) is 166 cm³/mol. The Balaban J connectivity index is 1.33. The van der Waals surface area contributed by atoms with Gasteiger partial charge >= 0.3 is 11.9 Å². The topological polar surface area (TPSA) is 122 Å². The summed E-state index contributed by atoms with van der Waals surface area (Å²) in [6, 6.07) is 17.2. The largest absolute Gasteiger partial charge is 0.478 e. The molecule has 2 amide bonds. The number of carboxylic acid groups (broad SMARTS) is 1. The number of thioether (sulfide) groups is 1. The van der Waals surface area contributed by atoms with E-state index in [0.717, 1.165) is 41.0 Å². The number of methoxy groups -OCH3 is 1. The third-order valence-corrected chi connectivity index (χ3v) is 9.78. The van der Waals surface area contributed by atoms with Gasteiger partial charge in [-0.05, 0) is 73.4 Å². The average Bonchev–Trinajstić information content (AvgIpc) is 3.36. The van der Waals surface area contributed by atoms with E-state index < -0.39 is 23.1 Å². The number of esters is 1. The van der Waals surface area contributed by atoms with E-state index in [1.165, 1.54) is 36.3 Å². The van der Waals surface area contributed by atoms with Crippen molar-refractivity contribution in [3.63, 3.8) is 0 Å². The molecule has 0 saturated carbocycles. The van der Waals surface area contributed by atoms with Crippen LogP contribution in [0.1, 0.15) is 67.7 Å². The van der Waals surface area contributed by atoms with Crippen molar-refractivity contribution in [3.05, 3.63) is 87.8 Å². The number of carbonyl (C=O) groups is 4. The van der Waals surface area contributed by atoms with Gasteiger partial charge in [-0.15, -0.1) is 23.1 Å². The second-order valence-electron chi connectivity index (χ2n) is 9.91. The highest BCUT2D eigenvalue weighted by Gasteiger charge is 2.28. The minimum atomic E-state index is -1.11. The van der Waals surface area contributed by atoms with Crippen LogP contribution in [0, 0.1) is 0 Å². The number of hydrogen-bond acceptors (Lipinski definition) is 7. The van der Waals surface area contributed by atoms with E-state index >= 15 is 0 Å². The molecule has 3 aromatic carbocycles. The summed E-state index contributed by atoms with van der Waals surface area (Å²) in [5.41, 5.74) is 2.29. The molecule has 3 N–H and O–H groups in total. The number of ether oxygens (including phenoxy) is 1. The van der Waals surface area contributed by atoms with Crippen LogP contribution in [0.5, 0.6) is 0 Å². The highest BCUT2D eigenvalue weighted by atomic mass is 32.2. The maximum Gasteiger partial charge on any atom is 0.341 e. The molecule has 4 aromatic rings. The maximum absolute atomic E-state index is 13.4. The lowest BCUT2D eigenvalue weighted by Crippen LogP contribution is -2.25. The van der Waals surface area contributed by atoms with Crippen molar-refractivity contribution >= 4 is 68.3 Å². The molecule has 1 aromatic heterocycles. The normalized spacial score (nSPS) is 13.2. The summed E-state index contributed by atoms with van der Waals surface area (Å²) < 4.78 is 5.03. The Labute approximate surface area is 251 Å². The van der Waals surface area contributed by atoms with E-state index in [-0.39, 0.29) is 17.0 Å². The minimum Gasteiger partial charge on any atom is -0.478 e. The van der Waals surface area contributed by atoms with Crippen molar-refractivity contribution in [2.45, 2.75) is 49.2 Å². The van der Waals surface area contributed by atoms with Crippen LogP contribution in [-0.2, 0) is 22.4 Å². The molecule has 42 heavy (non-hydrogen) atoms. The van der Waals surface area contributed by atoms with Crippen molar-refractivity contribution in [2.75, 3.05) is 17.7 Å². The van der Waals surface area contributed by atoms with Gasteiger partial charge in [-0.25, -0.2) is 9.59 Å². The molecule has 0 bridgehead atoms. The third-order valence-electron chi connectivity index (χ3n) is 7.21. The highest BCUT2D eigenvalue weighted by Crippen LogP contribution is 2.39. The summed E-state index contributed by atoms with van der Waals surface area (Å²) in [6.45, 7) is 1.92. The summed E-state index contributed by atoms with van der Waals surface area (Å²) in [5, 5.41) is 16.7. The minimum absolute atomic E-state index is 0.0568. The molecular formula is C32H30N2O6S2. The Hall–Kier alpha value is -4.15. The first kappa shape index (κ1) is 29.3. The Kier molecular flexibility index (Phi) is 8.94. The van der Waals surface area contributed by atoms with Crippen LogP contribution in [0.2, 0.25) is 0 Å². The number of nitrogens with one attached hydrogen (secondary N) is 2. The lowest BCUT2D eigenvalue weighted by atomic mass is 9.95. The van der Waals surface area contributed by atoms with Crippen LogP contribution in [-0.4, -0.2) is 41.2 Å². The molecule has 8 nitrogen and oxygen atoms in total. The SMILES string of the molecule is CCC(Sc1cccc(NC(=O)c2cccc3cccc(C(=O)O)c23)c1)C(=O)Nc1sc2c(c1C(=O)OC)CCCC2. The van der Waals surface area contributed by atoms with Crippen LogP contribution in [0.4, 0.5) is 10.7 Å². The number of carbonyl (C=O) groups excluding carboxylic acids is 3. The van der Waals surface area contributed by atoms with E-state index in [0.29, 0.717) is 33.4 Å². The zero-order chi connectivity index (χ0) is 29.8. The smallest absolute Gasteiger partial charge is 0.341 e. The van der Waals surface area contributed by atoms with Crippen molar-refractivity contribution in [3.8, 4) is 0 Å². The third kappa shape index (κ3) is 6.05. The quantitative estimate of drug-likeness (QED) is 0.139. The zero-order valence-corrected chi connectivity index (χ0v) is 24.8. The van der Waals surface area contributed by atoms with Gasteiger partial charge in [0.25, 0.3) is 5.91 Å². The van der Waals surface area contributed by atoms with Gasteiger partial charge in [0.05, 0.1) is 23.5 Å². The number of hydrogen-bond donors (Lipinski definition) is 3. The molecule has 0 saturated heterocycles. The van der Waals surface area contributed by atoms with E-state index in [1.807, 2.05) is 13.0 Å². The molecule has 0 spiro atoms. The summed E-state index contributed by atoms with van der Waals surface area (Å²) in [4.78, 5) is 53.0. The lowest BCUT2D eigenvalue weighted by molar-refractivity contribution is -0.115. The number of aryl methyl sites for hydroxylation is 1. The molecule has 5 rings (SSSR count). The zero-order valence-electron chi connectivity index (χ0n) is 23.2. The molecule has 1 unspecified atom stereocenters. The van der Waals surface area contributed by atoms with Crippen LogP contribution in [0.3, 0.4) is 0 Å². The van der Waals surface area contributed by atoms with Gasteiger partial charge in [0, 0.05) is 26.4 Å². The van der Waals surface area contributed by atoms with Crippen LogP contribution >= 0.6 is 23.1 Å². The standard InChI is InChI=1S/C32H30N2O6S2/c1-3-24(29(36)34-30-27(32(39)40-2)21-13-4-5-16-25(21)42-30)41-20-12-8-11-19(17-20)33-28(35)22-14-6-9-18-10-7-15-23(26(18)22)31(37)38/h6-12,14-15,17,24H,3-5,13,16H2,1-2H3,(H,33,35)(H,34,36)(H,37,38). The lowest BCUT2D eigenvalue weighted by Gasteiger charge is -2.16. The fourth-order valence-corrected chi connectivity index (χ4v) is 7.50. The van der Waals surface area contributed by atoms with Crippen LogP contribution in [0.15, 0.2) is 65.6 Å². The Morgan fingerprint density at radius 2 is 1.69 bits per heavy atom. The monoisotopic (exact) mass is 602 g/mol. The molecule has 216 valence electrons. The first-order valence-corrected chi connectivity index (χ1v) is 15.4. The van der Waals surface area contributed by atoms with E-state index in [9.17, 15) is 24.3 Å². The first-order chi connectivity index (χ1) is 20.3. The molecular weight excluding hydrogens is 572 g/mol. The molecule has 1 aliphatic carbocycles. The second-order valence-corrected chi connectivity index (χ2v) is 12.3. The number of anilines is 2. The summed E-state index contributed by atoms with van der Waals surface area (Å²) >= 11 is 2.82. The maximum atomic E-state index is 13.4. The van der Waals surface area contributed by atoms with Crippen LogP contribution < -0.4 is 10.6 Å². The van der Waals surface area contributed by atoms with Crippen molar-refractivity contribution in [2.24, 2.45) is 0 Å². The molecule has 0 radical (unpaired) electrons. The molecule has 1 aliphatic rings. The number of rotatable bonds is 9. The summed E-state index contributed by atoms with van der Waals surface area (Å²) in [5.74, 6) is -2.18. The number of benzene rings is 3.